The van der Waals surface area contributed by atoms with Gasteiger partial charge in [-0.15, -0.1) is 0 Å². The molecule has 108 valence electrons. The van der Waals surface area contributed by atoms with Gasteiger partial charge < -0.3 is 5.11 Å². The van der Waals surface area contributed by atoms with Gasteiger partial charge in [0.1, 0.15) is 10.6 Å². The molecule has 0 spiro atoms. The molecule has 1 N–H and O–H groups in total. The van der Waals surface area contributed by atoms with Crippen LogP contribution >= 0.6 is 0 Å². The van der Waals surface area contributed by atoms with E-state index in [1.54, 1.807) is 12.1 Å². The molecule has 4 nitrogen and oxygen atoms in total. The van der Waals surface area contributed by atoms with Crippen molar-refractivity contribution in [2.24, 2.45) is 0 Å². The van der Waals surface area contributed by atoms with E-state index < -0.39 is 10.0 Å². The molecule has 0 aliphatic carbocycles. The zero-order valence-electron chi connectivity index (χ0n) is 11.7. The second-order valence-electron chi connectivity index (χ2n) is 4.58. The standard InChI is InChI=1S/C14H23NO3S/c1-3-5-11-15(12-6-4-2)19(17,18)14-10-8-7-9-13(14)16/h7-10,16H,3-6,11-12H2,1-2H3. The summed E-state index contributed by atoms with van der Waals surface area (Å²) >= 11 is 0. The molecule has 1 aromatic carbocycles. The molecular weight excluding hydrogens is 262 g/mol. The van der Waals surface area contributed by atoms with E-state index in [0.717, 1.165) is 25.7 Å². The fourth-order valence-electron chi connectivity index (χ4n) is 1.84. The van der Waals surface area contributed by atoms with Gasteiger partial charge in [0.15, 0.2) is 0 Å². The van der Waals surface area contributed by atoms with Crippen LogP contribution in [0.1, 0.15) is 39.5 Å². The van der Waals surface area contributed by atoms with E-state index in [1.807, 2.05) is 13.8 Å². The summed E-state index contributed by atoms with van der Waals surface area (Å²) in [6.07, 6.45) is 3.55. The van der Waals surface area contributed by atoms with Crippen LogP contribution in [0.5, 0.6) is 5.75 Å². The number of para-hydroxylation sites is 1. The van der Waals surface area contributed by atoms with Crippen LogP contribution in [0, 0.1) is 0 Å². The topological polar surface area (TPSA) is 57.6 Å². The summed E-state index contributed by atoms with van der Waals surface area (Å²) in [7, 11) is -3.59. The van der Waals surface area contributed by atoms with Gasteiger partial charge in [0.25, 0.3) is 0 Å². The van der Waals surface area contributed by atoms with Crippen molar-refractivity contribution in [3.63, 3.8) is 0 Å². The van der Waals surface area contributed by atoms with Crippen LogP contribution < -0.4 is 0 Å². The summed E-state index contributed by atoms with van der Waals surface area (Å²) in [5.41, 5.74) is 0. The predicted octanol–water partition coefficient (Wildman–Crippen LogP) is 2.98. The lowest BCUT2D eigenvalue weighted by Crippen LogP contribution is -2.33. The Kier molecular flexibility index (Phi) is 6.31. The van der Waals surface area contributed by atoms with Gasteiger partial charge in [0, 0.05) is 13.1 Å². The summed E-state index contributed by atoms with van der Waals surface area (Å²) < 4.78 is 26.5. The number of sulfonamides is 1. The molecule has 0 atom stereocenters. The van der Waals surface area contributed by atoms with Crippen molar-refractivity contribution in [3.05, 3.63) is 24.3 Å². The maximum Gasteiger partial charge on any atom is 0.246 e. The van der Waals surface area contributed by atoms with Crippen LogP contribution in [0.15, 0.2) is 29.2 Å². The van der Waals surface area contributed by atoms with Crippen LogP contribution in [0.3, 0.4) is 0 Å². The van der Waals surface area contributed by atoms with E-state index >= 15 is 0 Å². The third kappa shape index (κ3) is 4.21. The zero-order valence-corrected chi connectivity index (χ0v) is 12.5. The van der Waals surface area contributed by atoms with Crippen molar-refractivity contribution in [1.29, 1.82) is 0 Å². The molecule has 0 amide bonds. The first kappa shape index (κ1) is 16.0. The molecule has 0 unspecified atom stereocenters. The Bertz CT molecular complexity index is 477. The van der Waals surface area contributed by atoms with Gasteiger partial charge in [-0.3, -0.25) is 0 Å². The molecule has 0 aromatic heterocycles. The summed E-state index contributed by atoms with van der Waals surface area (Å²) in [6, 6.07) is 6.11. The van der Waals surface area contributed by atoms with Gasteiger partial charge in [-0.25, -0.2) is 8.42 Å². The van der Waals surface area contributed by atoms with Crippen molar-refractivity contribution in [3.8, 4) is 5.75 Å². The first-order valence-corrected chi connectivity index (χ1v) is 8.26. The smallest absolute Gasteiger partial charge is 0.246 e. The van der Waals surface area contributed by atoms with Gasteiger partial charge in [-0.05, 0) is 25.0 Å². The summed E-state index contributed by atoms with van der Waals surface area (Å²) in [5, 5.41) is 9.74. The molecule has 0 heterocycles. The number of hydrogen-bond acceptors (Lipinski definition) is 3. The maximum atomic E-state index is 12.5. The molecule has 0 saturated carbocycles. The summed E-state index contributed by atoms with van der Waals surface area (Å²) in [5.74, 6) is -0.180. The van der Waals surface area contributed by atoms with Crippen molar-refractivity contribution in [2.75, 3.05) is 13.1 Å². The minimum absolute atomic E-state index is 0.00204. The summed E-state index contributed by atoms with van der Waals surface area (Å²) in [4.78, 5) is 0.00204. The van der Waals surface area contributed by atoms with Gasteiger partial charge in [0.2, 0.25) is 10.0 Å². The van der Waals surface area contributed by atoms with Crippen molar-refractivity contribution >= 4 is 10.0 Å². The molecule has 5 heteroatoms. The van der Waals surface area contributed by atoms with Crippen LogP contribution in [0.4, 0.5) is 0 Å². The normalized spacial score (nSPS) is 11.9. The van der Waals surface area contributed by atoms with E-state index in [0.29, 0.717) is 13.1 Å². The Morgan fingerprint density at radius 3 is 2.05 bits per heavy atom. The minimum Gasteiger partial charge on any atom is -0.507 e. The lowest BCUT2D eigenvalue weighted by atomic mass is 10.3. The van der Waals surface area contributed by atoms with Crippen LogP contribution in [-0.2, 0) is 10.0 Å². The zero-order chi connectivity index (χ0) is 14.3. The molecule has 0 bridgehead atoms. The Balaban J connectivity index is 3.01. The molecule has 0 radical (unpaired) electrons. The van der Waals surface area contributed by atoms with Gasteiger partial charge >= 0.3 is 0 Å². The highest BCUT2D eigenvalue weighted by atomic mass is 32.2. The fraction of sp³-hybridized carbons (Fsp3) is 0.571. The second-order valence-corrected chi connectivity index (χ2v) is 6.49. The first-order chi connectivity index (χ1) is 9.04. The quantitative estimate of drug-likeness (QED) is 0.799. The Morgan fingerprint density at radius 1 is 1.05 bits per heavy atom. The van der Waals surface area contributed by atoms with Crippen molar-refractivity contribution in [2.45, 2.75) is 44.4 Å². The van der Waals surface area contributed by atoms with Crippen LogP contribution in [-0.4, -0.2) is 30.9 Å². The Morgan fingerprint density at radius 2 is 1.58 bits per heavy atom. The highest BCUT2D eigenvalue weighted by Gasteiger charge is 2.25. The van der Waals surface area contributed by atoms with Gasteiger partial charge in [-0.1, -0.05) is 38.8 Å². The number of phenols is 1. The van der Waals surface area contributed by atoms with Crippen molar-refractivity contribution in [1.82, 2.24) is 4.31 Å². The molecule has 0 aliphatic heterocycles. The van der Waals surface area contributed by atoms with Crippen LogP contribution in [0.25, 0.3) is 0 Å². The van der Waals surface area contributed by atoms with Gasteiger partial charge in [-0.2, -0.15) is 4.31 Å². The lowest BCUT2D eigenvalue weighted by molar-refractivity contribution is 0.390. The largest absolute Gasteiger partial charge is 0.507 e. The predicted molar refractivity (Wildman–Crippen MR) is 76.7 cm³/mol. The molecule has 0 aliphatic rings. The molecule has 0 fully saturated rings. The Hall–Kier alpha value is -1.07. The van der Waals surface area contributed by atoms with E-state index in [1.165, 1.54) is 16.4 Å². The first-order valence-electron chi connectivity index (χ1n) is 6.82. The number of aromatic hydroxyl groups is 1. The highest BCUT2D eigenvalue weighted by Crippen LogP contribution is 2.25. The third-order valence-electron chi connectivity index (χ3n) is 3.01. The second kappa shape index (κ2) is 7.50. The lowest BCUT2D eigenvalue weighted by Gasteiger charge is -2.22. The number of hydrogen-bond donors (Lipinski definition) is 1. The molecule has 1 aromatic rings. The summed E-state index contributed by atoms with van der Waals surface area (Å²) in [6.45, 7) is 5.08. The number of rotatable bonds is 8. The van der Waals surface area contributed by atoms with Gasteiger partial charge in [0.05, 0.1) is 0 Å². The molecular formula is C14H23NO3S. The third-order valence-corrected chi connectivity index (χ3v) is 4.95. The minimum atomic E-state index is -3.59. The highest BCUT2D eigenvalue weighted by molar-refractivity contribution is 7.89. The van der Waals surface area contributed by atoms with E-state index in [-0.39, 0.29) is 10.6 Å². The number of unbranched alkanes of at least 4 members (excludes halogenated alkanes) is 2. The van der Waals surface area contributed by atoms with E-state index in [4.69, 9.17) is 0 Å². The maximum absolute atomic E-state index is 12.5. The molecule has 19 heavy (non-hydrogen) atoms. The SMILES string of the molecule is CCCCN(CCCC)S(=O)(=O)c1ccccc1O. The number of phenolic OH excluding ortho intramolecular Hbond substituents is 1. The molecule has 1 rings (SSSR count). The van der Waals surface area contributed by atoms with Crippen LogP contribution in [0.2, 0.25) is 0 Å². The fourth-order valence-corrected chi connectivity index (χ4v) is 3.44. The average molecular weight is 285 g/mol. The molecule has 0 saturated heterocycles. The number of nitrogens with zero attached hydrogens (tertiary/aromatic N) is 1. The van der Waals surface area contributed by atoms with E-state index in [9.17, 15) is 13.5 Å². The monoisotopic (exact) mass is 285 g/mol. The average Bonchev–Trinajstić information content (AvgIpc) is 2.39. The number of benzene rings is 1. The van der Waals surface area contributed by atoms with E-state index in [2.05, 4.69) is 0 Å². The Labute approximate surface area is 116 Å². The van der Waals surface area contributed by atoms with Crippen molar-refractivity contribution < 1.29 is 13.5 Å².